The first-order valence-corrected chi connectivity index (χ1v) is 9.88. The number of benzene rings is 3. The molecule has 0 amide bonds. The van der Waals surface area contributed by atoms with Crippen LogP contribution in [0.2, 0.25) is 0 Å². The van der Waals surface area contributed by atoms with Crippen LogP contribution in [0.3, 0.4) is 0 Å². The molecule has 7 heteroatoms. The molecular formula is C23H18FNO4S. The van der Waals surface area contributed by atoms with Crippen LogP contribution >= 0.6 is 11.8 Å². The van der Waals surface area contributed by atoms with Crippen molar-refractivity contribution in [3.05, 3.63) is 83.0 Å². The smallest absolute Gasteiger partial charge is 0.361 e. The van der Waals surface area contributed by atoms with Gasteiger partial charge in [-0.25, -0.2) is 9.18 Å². The molecule has 1 heterocycles. The summed E-state index contributed by atoms with van der Waals surface area (Å²) in [6.07, 6.45) is 0. The number of anilines is 2. The summed E-state index contributed by atoms with van der Waals surface area (Å²) in [6.45, 7) is 0. The van der Waals surface area contributed by atoms with Gasteiger partial charge in [0.1, 0.15) is 28.6 Å². The first-order chi connectivity index (χ1) is 14.6. The van der Waals surface area contributed by atoms with Crippen molar-refractivity contribution in [2.75, 3.05) is 19.5 Å². The molecule has 0 bridgehead atoms. The number of nitrogens with one attached hydrogen (secondary N) is 1. The zero-order valence-electron chi connectivity index (χ0n) is 16.3. The van der Waals surface area contributed by atoms with Crippen molar-refractivity contribution in [1.29, 1.82) is 0 Å². The third-order valence-electron chi connectivity index (χ3n) is 4.46. The minimum absolute atomic E-state index is 0.235. The Balaban J connectivity index is 1.83. The van der Waals surface area contributed by atoms with Crippen LogP contribution in [0.4, 0.5) is 15.8 Å². The maximum absolute atomic E-state index is 14.0. The molecule has 3 aromatic carbocycles. The van der Waals surface area contributed by atoms with E-state index >= 15 is 0 Å². The summed E-state index contributed by atoms with van der Waals surface area (Å²) in [5.41, 5.74) is 0.688. The highest BCUT2D eigenvalue weighted by atomic mass is 32.2. The van der Waals surface area contributed by atoms with E-state index in [1.54, 1.807) is 38.5 Å². The van der Waals surface area contributed by atoms with Crippen LogP contribution in [0.5, 0.6) is 11.5 Å². The lowest BCUT2D eigenvalue weighted by molar-refractivity contribution is 0.414. The Kier molecular flexibility index (Phi) is 5.63. The first kappa shape index (κ1) is 19.8. The van der Waals surface area contributed by atoms with Crippen LogP contribution in [-0.4, -0.2) is 14.2 Å². The fraction of sp³-hybridized carbons (Fsp3) is 0.0870. The molecule has 0 saturated carbocycles. The Labute approximate surface area is 176 Å². The summed E-state index contributed by atoms with van der Waals surface area (Å²) in [7, 11) is 3.18. The van der Waals surface area contributed by atoms with E-state index in [4.69, 9.17) is 13.9 Å². The molecule has 5 nitrogen and oxygen atoms in total. The number of rotatable bonds is 6. The normalized spacial score (nSPS) is 10.8. The van der Waals surface area contributed by atoms with Crippen molar-refractivity contribution < 1.29 is 18.3 Å². The molecule has 30 heavy (non-hydrogen) atoms. The van der Waals surface area contributed by atoms with Crippen molar-refractivity contribution in [3.63, 3.8) is 0 Å². The topological polar surface area (TPSA) is 60.7 Å². The first-order valence-electron chi connectivity index (χ1n) is 9.07. The average molecular weight is 423 g/mol. The van der Waals surface area contributed by atoms with Crippen molar-refractivity contribution >= 4 is 34.1 Å². The van der Waals surface area contributed by atoms with Gasteiger partial charge in [-0.2, -0.15) is 0 Å². The van der Waals surface area contributed by atoms with E-state index in [9.17, 15) is 9.18 Å². The minimum atomic E-state index is -0.541. The predicted molar refractivity (Wildman–Crippen MR) is 116 cm³/mol. The fourth-order valence-electron chi connectivity index (χ4n) is 2.94. The van der Waals surface area contributed by atoms with Gasteiger partial charge in [0, 0.05) is 16.0 Å². The van der Waals surface area contributed by atoms with Gasteiger partial charge in [-0.05, 0) is 66.7 Å². The molecule has 0 aliphatic heterocycles. The van der Waals surface area contributed by atoms with Crippen LogP contribution in [0.25, 0.3) is 11.0 Å². The second kappa shape index (κ2) is 8.51. The van der Waals surface area contributed by atoms with Crippen molar-refractivity contribution in [3.8, 4) is 11.5 Å². The number of methoxy groups -OCH3 is 2. The van der Waals surface area contributed by atoms with Gasteiger partial charge < -0.3 is 19.2 Å². The van der Waals surface area contributed by atoms with Crippen LogP contribution in [-0.2, 0) is 0 Å². The standard InChI is InChI=1S/C23H18FNO4S/c1-27-16-6-4-15(5-7-16)25-21-22(30-18-10-8-17(28-2)9-11-18)19-13-14(24)3-12-20(19)29-23(21)26/h3-13,25H,1-2H3. The molecule has 0 radical (unpaired) electrons. The van der Waals surface area contributed by atoms with E-state index in [2.05, 4.69) is 5.32 Å². The van der Waals surface area contributed by atoms with Crippen LogP contribution in [0.1, 0.15) is 0 Å². The number of fused-ring (bicyclic) bond motifs is 1. The van der Waals surface area contributed by atoms with Crippen LogP contribution in [0, 0.1) is 5.82 Å². The van der Waals surface area contributed by atoms with E-state index in [1.807, 2.05) is 24.3 Å². The molecule has 0 aliphatic carbocycles. The Morgan fingerprint density at radius 3 is 2.17 bits per heavy atom. The van der Waals surface area contributed by atoms with Gasteiger partial charge in [0.15, 0.2) is 0 Å². The molecule has 0 unspecified atom stereocenters. The summed E-state index contributed by atoms with van der Waals surface area (Å²) >= 11 is 1.34. The number of hydrogen-bond donors (Lipinski definition) is 1. The monoisotopic (exact) mass is 423 g/mol. The summed E-state index contributed by atoms with van der Waals surface area (Å²) in [6, 6.07) is 18.6. The lowest BCUT2D eigenvalue weighted by Crippen LogP contribution is -2.09. The zero-order valence-corrected chi connectivity index (χ0v) is 17.1. The van der Waals surface area contributed by atoms with E-state index in [1.165, 1.54) is 30.0 Å². The SMILES string of the molecule is COc1ccc(Nc2c(Sc3ccc(OC)cc3)c3cc(F)ccc3oc2=O)cc1. The summed E-state index contributed by atoms with van der Waals surface area (Å²) in [5, 5.41) is 3.62. The highest BCUT2D eigenvalue weighted by Gasteiger charge is 2.17. The summed E-state index contributed by atoms with van der Waals surface area (Å²) < 4.78 is 29.8. The van der Waals surface area contributed by atoms with Gasteiger partial charge in [0.2, 0.25) is 0 Å². The molecule has 0 aliphatic rings. The fourth-order valence-corrected chi connectivity index (χ4v) is 3.95. The second-order valence-corrected chi connectivity index (χ2v) is 7.45. The third-order valence-corrected chi connectivity index (χ3v) is 5.59. The number of hydrogen-bond acceptors (Lipinski definition) is 6. The Bertz CT molecular complexity index is 1240. The summed E-state index contributed by atoms with van der Waals surface area (Å²) in [5.74, 6) is 1.00. The van der Waals surface area contributed by atoms with Crippen molar-refractivity contribution in [2.24, 2.45) is 0 Å². The maximum atomic E-state index is 14.0. The molecule has 1 aromatic heterocycles. The predicted octanol–water partition coefficient (Wildman–Crippen LogP) is 5.84. The molecule has 4 aromatic rings. The Hall–Kier alpha value is -3.45. The van der Waals surface area contributed by atoms with Crippen LogP contribution in [0.15, 0.2) is 85.7 Å². The molecule has 4 rings (SSSR count). The van der Waals surface area contributed by atoms with Crippen molar-refractivity contribution in [2.45, 2.75) is 9.79 Å². The number of halogens is 1. The largest absolute Gasteiger partial charge is 0.497 e. The summed E-state index contributed by atoms with van der Waals surface area (Å²) in [4.78, 5) is 14.2. The highest BCUT2D eigenvalue weighted by molar-refractivity contribution is 7.99. The lowest BCUT2D eigenvalue weighted by Gasteiger charge is -2.13. The molecule has 0 atom stereocenters. The minimum Gasteiger partial charge on any atom is -0.497 e. The van der Waals surface area contributed by atoms with Crippen LogP contribution < -0.4 is 20.4 Å². The quantitative estimate of drug-likeness (QED) is 0.393. The van der Waals surface area contributed by atoms with Gasteiger partial charge in [0.05, 0.1) is 19.1 Å². The second-order valence-electron chi connectivity index (χ2n) is 6.37. The molecular weight excluding hydrogens is 405 g/mol. The molecule has 0 spiro atoms. The molecule has 0 fully saturated rings. The Morgan fingerprint density at radius 2 is 1.53 bits per heavy atom. The molecule has 1 N–H and O–H groups in total. The molecule has 152 valence electrons. The van der Waals surface area contributed by atoms with Crippen molar-refractivity contribution in [1.82, 2.24) is 0 Å². The zero-order chi connectivity index (χ0) is 21.1. The maximum Gasteiger partial charge on any atom is 0.361 e. The highest BCUT2D eigenvalue weighted by Crippen LogP contribution is 2.39. The number of ether oxygens (including phenoxy) is 2. The van der Waals surface area contributed by atoms with Gasteiger partial charge in [-0.3, -0.25) is 0 Å². The van der Waals surface area contributed by atoms with E-state index < -0.39 is 11.4 Å². The van der Waals surface area contributed by atoms with E-state index in [0.717, 1.165) is 10.6 Å². The Morgan fingerprint density at radius 1 is 0.900 bits per heavy atom. The molecule has 0 saturated heterocycles. The average Bonchev–Trinajstić information content (AvgIpc) is 2.77. The van der Waals surface area contributed by atoms with Gasteiger partial charge in [-0.15, -0.1) is 0 Å². The lowest BCUT2D eigenvalue weighted by atomic mass is 10.2. The van der Waals surface area contributed by atoms with Gasteiger partial charge >= 0.3 is 5.63 Å². The van der Waals surface area contributed by atoms with Gasteiger partial charge in [-0.1, -0.05) is 11.8 Å². The van der Waals surface area contributed by atoms with E-state index in [-0.39, 0.29) is 5.69 Å². The van der Waals surface area contributed by atoms with E-state index in [0.29, 0.717) is 27.3 Å². The third kappa shape index (κ3) is 4.11. The van der Waals surface area contributed by atoms with Gasteiger partial charge in [0.25, 0.3) is 0 Å².